The van der Waals surface area contributed by atoms with Gasteiger partial charge in [-0.15, -0.1) is 0 Å². The van der Waals surface area contributed by atoms with E-state index in [0.717, 1.165) is 0 Å². The van der Waals surface area contributed by atoms with Gasteiger partial charge in [-0.2, -0.15) is 0 Å². The molecular weight excluding hydrogens is 414 g/mol. The van der Waals surface area contributed by atoms with Crippen LogP contribution < -0.4 is 0 Å². The Morgan fingerprint density at radius 3 is 1.40 bits per heavy atom. The van der Waals surface area contributed by atoms with Gasteiger partial charge in [0, 0.05) is 0 Å². The molecular formula is C16H14S2Se2. The normalized spacial score (nSPS) is 11.4. The Morgan fingerprint density at radius 1 is 0.600 bits per heavy atom. The predicted molar refractivity (Wildman–Crippen MR) is 94.4 cm³/mol. The molecule has 0 aliphatic carbocycles. The third kappa shape index (κ3) is 6.90. The summed E-state index contributed by atoms with van der Waals surface area (Å²) in [5, 5.41) is 4.44. The summed E-state index contributed by atoms with van der Waals surface area (Å²) in [4.78, 5) is 7.26. The molecule has 20 heavy (non-hydrogen) atoms. The molecule has 0 heterocycles. The minimum atomic E-state index is 0.614. The van der Waals surface area contributed by atoms with Crippen LogP contribution in [0.1, 0.15) is 0 Å². The van der Waals surface area contributed by atoms with Gasteiger partial charge < -0.3 is 0 Å². The van der Waals surface area contributed by atoms with E-state index < -0.39 is 0 Å². The first kappa shape index (κ1) is 16.0. The zero-order chi connectivity index (χ0) is 13.9. The van der Waals surface area contributed by atoms with E-state index >= 15 is 0 Å². The molecule has 0 saturated heterocycles. The molecule has 0 fully saturated rings. The van der Waals surface area contributed by atoms with Crippen LogP contribution in [-0.2, 0) is 0 Å². The van der Waals surface area contributed by atoms with E-state index in [9.17, 15) is 0 Å². The van der Waals surface area contributed by atoms with E-state index in [1.807, 2.05) is 0 Å². The van der Waals surface area contributed by atoms with Crippen LogP contribution in [0.4, 0.5) is 0 Å². The molecule has 102 valence electrons. The van der Waals surface area contributed by atoms with Gasteiger partial charge in [0.25, 0.3) is 0 Å². The summed E-state index contributed by atoms with van der Waals surface area (Å²) in [5.74, 6) is 0. The molecule has 2 aromatic carbocycles. The molecule has 0 bridgehead atoms. The SMILES string of the molecule is C(=C/[Se][Se]/C=C\Sc1ccccc1)/Sc1ccccc1. The number of hydrogen-bond donors (Lipinski definition) is 0. The van der Waals surface area contributed by atoms with Gasteiger partial charge in [0.05, 0.1) is 0 Å². The van der Waals surface area contributed by atoms with Crippen LogP contribution in [-0.4, -0.2) is 26.3 Å². The number of thioether (sulfide) groups is 2. The second-order valence-corrected chi connectivity index (χ2v) is 11.7. The van der Waals surface area contributed by atoms with Crippen molar-refractivity contribution in [1.29, 1.82) is 0 Å². The van der Waals surface area contributed by atoms with Crippen molar-refractivity contribution >= 4 is 49.8 Å². The van der Waals surface area contributed by atoms with Crippen molar-refractivity contribution in [2.75, 3.05) is 0 Å². The van der Waals surface area contributed by atoms with Gasteiger partial charge in [-0.05, 0) is 0 Å². The first-order valence-electron chi connectivity index (χ1n) is 6.01. The summed E-state index contributed by atoms with van der Waals surface area (Å²) in [7, 11) is 0. The van der Waals surface area contributed by atoms with Crippen molar-refractivity contribution < 1.29 is 0 Å². The van der Waals surface area contributed by atoms with Crippen LogP contribution in [0.3, 0.4) is 0 Å². The first-order chi connectivity index (χ1) is 9.95. The van der Waals surface area contributed by atoms with E-state index in [4.69, 9.17) is 0 Å². The van der Waals surface area contributed by atoms with Crippen LogP contribution in [0.2, 0.25) is 0 Å². The number of benzene rings is 2. The van der Waals surface area contributed by atoms with Gasteiger partial charge in [0.15, 0.2) is 0 Å². The second-order valence-electron chi connectivity index (χ2n) is 3.60. The van der Waals surface area contributed by atoms with Crippen LogP contribution >= 0.6 is 23.5 Å². The number of hydrogen-bond acceptors (Lipinski definition) is 2. The average Bonchev–Trinajstić information content (AvgIpc) is 2.52. The summed E-state index contributed by atoms with van der Waals surface area (Å²) < 4.78 is 0. The van der Waals surface area contributed by atoms with Gasteiger partial charge in [-0.3, -0.25) is 0 Å². The molecule has 0 N–H and O–H groups in total. The van der Waals surface area contributed by atoms with Crippen LogP contribution in [0.25, 0.3) is 0 Å². The first-order valence-corrected chi connectivity index (χ1v) is 14.1. The fraction of sp³-hybridized carbons (Fsp3) is 0. The van der Waals surface area contributed by atoms with Crippen LogP contribution in [0, 0.1) is 0 Å². The number of rotatable bonds is 7. The molecule has 0 radical (unpaired) electrons. The average molecular weight is 428 g/mol. The molecule has 0 aliphatic rings. The molecule has 0 aliphatic heterocycles. The third-order valence-corrected chi connectivity index (χ3v) is 9.49. The summed E-state index contributed by atoms with van der Waals surface area (Å²) >= 11 is 4.82. The Bertz CT molecular complexity index is 487. The molecule has 0 aromatic heterocycles. The molecule has 0 spiro atoms. The summed E-state index contributed by atoms with van der Waals surface area (Å²) in [5.41, 5.74) is 0. The van der Waals surface area contributed by atoms with E-state index in [-0.39, 0.29) is 0 Å². The Balaban J connectivity index is 1.59. The Labute approximate surface area is 140 Å². The Hall–Kier alpha value is -0.341. The van der Waals surface area contributed by atoms with Crippen LogP contribution in [0.5, 0.6) is 0 Å². The van der Waals surface area contributed by atoms with E-state index in [1.165, 1.54) is 9.79 Å². The maximum atomic E-state index is 2.32. The third-order valence-electron chi connectivity index (χ3n) is 2.17. The molecule has 0 nitrogen and oxygen atoms in total. The monoisotopic (exact) mass is 430 g/mol. The zero-order valence-corrected chi connectivity index (χ0v) is 15.8. The van der Waals surface area contributed by atoms with Gasteiger partial charge in [0.2, 0.25) is 0 Å². The van der Waals surface area contributed by atoms with Gasteiger partial charge >= 0.3 is 141 Å². The molecule has 0 unspecified atom stereocenters. The standard InChI is InChI=1S/C16H14S2Se2/c1-3-7-15(8-4-1)17-11-13-19-20-14-12-18-16-9-5-2-6-10-16/h1-14H/b13-11-,14-12-. The minimum absolute atomic E-state index is 0.614. The van der Waals surface area contributed by atoms with E-state index in [1.54, 1.807) is 23.5 Å². The Kier molecular flexibility index (Phi) is 8.34. The summed E-state index contributed by atoms with van der Waals surface area (Å²) in [6.45, 7) is 0. The van der Waals surface area contributed by atoms with Crippen LogP contribution in [0.15, 0.2) is 91.2 Å². The van der Waals surface area contributed by atoms with Gasteiger partial charge in [-0.1, -0.05) is 0 Å². The molecule has 4 heteroatoms. The summed E-state index contributed by atoms with van der Waals surface area (Å²) in [6, 6.07) is 21.0. The van der Waals surface area contributed by atoms with E-state index in [2.05, 4.69) is 81.4 Å². The van der Waals surface area contributed by atoms with Crippen molar-refractivity contribution in [3.05, 3.63) is 81.4 Å². The fourth-order valence-electron chi connectivity index (χ4n) is 1.32. The predicted octanol–water partition coefficient (Wildman–Crippen LogP) is 4.84. The van der Waals surface area contributed by atoms with Gasteiger partial charge in [-0.25, -0.2) is 0 Å². The maximum absolute atomic E-state index is 2.32. The van der Waals surface area contributed by atoms with Crippen molar-refractivity contribution in [2.24, 2.45) is 0 Å². The van der Waals surface area contributed by atoms with Gasteiger partial charge in [0.1, 0.15) is 0 Å². The summed E-state index contributed by atoms with van der Waals surface area (Å²) in [6.07, 6.45) is 0. The fourth-order valence-corrected chi connectivity index (χ4v) is 8.37. The quantitative estimate of drug-likeness (QED) is 0.352. The molecule has 2 aromatic rings. The van der Waals surface area contributed by atoms with Crippen molar-refractivity contribution in [2.45, 2.75) is 9.79 Å². The molecule has 0 atom stereocenters. The van der Waals surface area contributed by atoms with Crippen molar-refractivity contribution in [3.8, 4) is 0 Å². The van der Waals surface area contributed by atoms with Crippen molar-refractivity contribution in [1.82, 2.24) is 0 Å². The van der Waals surface area contributed by atoms with Crippen molar-refractivity contribution in [3.63, 3.8) is 0 Å². The molecule has 2 rings (SSSR count). The Morgan fingerprint density at radius 2 is 1.00 bits per heavy atom. The topological polar surface area (TPSA) is 0 Å². The second kappa shape index (κ2) is 10.4. The molecule has 0 saturated carbocycles. The zero-order valence-electron chi connectivity index (χ0n) is 10.7. The van der Waals surface area contributed by atoms with E-state index in [0.29, 0.717) is 26.3 Å². The molecule has 0 amide bonds.